The largest absolute Gasteiger partial charge is 0.388 e. The molecule has 0 saturated heterocycles. The molecular weight excluding hydrogens is 274 g/mol. The maximum Gasteiger partial charge on any atom is 0.166 e. The van der Waals surface area contributed by atoms with E-state index in [1.54, 1.807) is 6.08 Å². The first-order chi connectivity index (χ1) is 9.63. The van der Waals surface area contributed by atoms with E-state index in [2.05, 4.69) is 22.5 Å². The van der Waals surface area contributed by atoms with Crippen LogP contribution in [0.4, 0.5) is 5.69 Å². The molecule has 5 N–H and O–H groups in total. The average molecular weight is 293 g/mol. The summed E-state index contributed by atoms with van der Waals surface area (Å²) in [7, 11) is 0. The summed E-state index contributed by atoms with van der Waals surface area (Å²) in [5, 5.41) is 29.8. The van der Waals surface area contributed by atoms with Crippen LogP contribution in [0.5, 0.6) is 0 Å². The van der Waals surface area contributed by atoms with E-state index >= 15 is 0 Å². The summed E-state index contributed by atoms with van der Waals surface area (Å²) in [6.07, 6.45) is 0.141. The van der Waals surface area contributed by atoms with E-state index in [0.29, 0.717) is 18.2 Å². The van der Waals surface area contributed by atoms with Gasteiger partial charge in [0.05, 0.1) is 12.0 Å². The third-order valence-electron chi connectivity index (χ3n) is 3.30. The minimum Gasteiger partial charge on any atom is -0.388 e. The van der Waals surface area contributed by atoms with Crippen LogP contribution in [0.25, 0.3) is 0 Å². The normalized spacial score (nSPS) is 24.2. The minimum atomic E-state index is -0.824. The standard InChI is InChI=1S/C14H19N3O2S/c1-2-7-15-14(20)16-8-10-12(18)9-5-3-4-6-11(9)17-13(10)19/h2-6,10,12-13,17-19H,1,7-8H2,(H2,15,16,20). The first-order valence-corrected chi connectivity index (χ1v) is 6.88. The minimum absolute atomic E-state index is 0.368. The number of aliphatic hydroxyl groups excluding tert-OH is 2. The molecule has 0 fully saturated rings. The molecule has 20 heavy (non-hydrogen) atoms. The van der Waals surface area contributed by atoms with Crippen molar-refractivity contribution in [1.29, 1.82) is 0 Å². The van der Waals surface area contributed by atoms with E-state index in [-0.39, 0.29) is 5.92 Å². The second-order valence-electron chi connectivity index (χ2n) is 4.66. The molecule has 3 atom stereocenters. The topological polar surface area (TPSA) is 76.5 Å². The molecule has 3 unspecified atom stereocenters. The molecule has 0 saturated carbocycles. The van der Waals surface area contributed by atoms with Crippen LogP contribution in [0.2, 0.25) is 0 Å². The number of thiocarbonyl (C=S) groups is 1. The number of rotatable bonds is 4. The Morgan fingerprint density at radius 2 is 2.10 bits per heavy atom. The fourth-order valence-electron chi connectivity index (χ4n) is 2.22. The quantitative estimate of drug-likeness (QED) is 0.416. The molecule has 1 aromatic rings. The van der Waals surface area contributed by atoms with Gasteiger partial charge in [-0.2, -0.15) is 0 Å². The molecule has 5 nitrogen and oxygen atoms in total. The van der Waals surface area contributed by atoms with Gasteiger partial charge in [-0.15, -0.1) is 6.58 Å². The zero-order chi connectivity index (χ0) is 14.5. The van der Waals surface area contributed by atoms with Crippen molar-refractivity contribution in [3.05, 3.63) is 42.5 Å². The first-order valence-electron chi connectivity index (χ1n) is 6.47. The molecule has 1 aliphatic heterocycles. The summed E-state index contributed by atoms with van der Waals surface area (Å²) < 4.78 is 0. The highest BCUT2D eigenvalue weighted by Crippen LogP contribution is 2.35. The van der Waals surface area contributed by atoms with Crippen molar-refractivity contribution >= 4 is 23.0 Å². The number of para-hydroxylation sites is 1. The Bertz CT molecular complexity index is 495. The number of hydrogen-bond acceptors (Lipinski definition) is 4. The van der Waals surface area contributed by atoms with E-state index in [4.69, 9.17) is 12.2 Å². The molecule has 1 aromatic carbocycles. The number of nitrogens with one attached hydrogen (secondary N) is 3. The summed E-state index contributed by atoms with van der Waals surface area (Å²) in [6, 6.07) is 7.40. The molecule has 108 valence electrons. The van der Waals surface area contributed by atoms with Gasteiger partial charge >= 0.3 is 0 Å². The predicted octanol–water partition coefficient (Wildman–Crippen LogP) is 0.730. The Morgan fingerprint density at radius 1 is 1.35 bits per heavy atom. The third-order valence-corrected chi connectivity index (χ3v) is 3.59. The van der Waals surface area contributed by atoms with Crippen molar-refractivity contribution in [3.63, 3.8) is 0 Å². The summed E-state index contributed by atoms with van der Waals surface area (Å²) >= 11 is 5.09. The lowest BCUT2D eigenvalue weighted by atomic mass is 9.89. The van der Waals surface area contributed by atoms with Gasteiger partial charge in [-0.3, -0.25) is 0 Å². The number of hydrogen-bond donors (Lipinski definition) is 5. The summed E-state index contributed by atoms with van der Waals surface area (Å²) in [5.41, 5.74) is 1.55. The summed E-state index contributed by atoms with van der Waals surface area (Å²) in [5.74, 6) is -0.381. The number of fused-ring (bicyclic) bond motifs is 1. The molecule has 0 spiro atoms. The van der Waals surface area contributed by atoms with Crippen LogP contribution in [0.1, 0.15) is 11.7 Å². The molecule has 0 amide bonds. The Kier molecular flexibility index (Phi) is 4.94. The molecule has 0 bridgehead atoms. The second kappa shape index (κ2) is 6.69. The third kappa shape index (κ3) is 3.27. The molecule has 0 aliphatic carbocycles. The van der Waals surface area contributed by atoms with Gasteiger partial charge in [0.2, 0.25) is 0 Å². The van der Waals surface area contributed by atoms with Crippen LogP contribution in [-0.4, -0.2) is 34.6 Å². The van der Waals surface area contributed by atoms with Crippen molar-refractivity contribution in [2.24, 2.45) is 5.92 Å². The van der Waals surface area contributed by atoms with Crippen molar-refractivity contribution in [2.75, 3.05) is 18.4 Å². The van der Waals surface area contributed by atoms with Gasteiger partial charge in [0.25, 0.3) is 0 Å². The van der Waals surface area contributed by atoms with Crippen LogP contribution >= 0.6 is 12.2 Å². The fraction of sp³-hybridized carbons (Fsp3) is 0.357. The highest BCUT2D eigenvalue weighted by atomic mass is 32.1. The van der Waals surface area contributed by atoms with Crippen molar-refractivity contribution in [2.45, 2.75) is 12.3 Å². The van der Waals surface area contributed by atoms with E-state index in [1.807, 2.05) is 24.3 Å². The van der Waals surface area contributed by atoms with Crippen molar-refractivity contribution < 1.29 is 10.2 Å². The highest BCUT2D eigenvalue weighted by molar-refractivity contribution is 7.80. The lowest BCUT2D eigenvalue weighted by molar-refractivity contribution is 0.0205. The van der Waals surface area contributed by atoms with E-state index in [9.17, 15) is 10.2 Å². The van der Waals surface area contributed by atoms with Gasteiger partial charge < -0.3 is 26.2 Å². The maximum absolute atomic E-state index is 10.4. The number of benzene rings is 1. The van der Waals surface area contributed by atoms with E-state index < -0.39 is 12.3 Å². The van der Waals surface area contributed by atoms with Gasteiger partial charge in [-0.25, -0.2) is 0 Å². The summed E-state index contributed by atoms with van der Waals surface area (Å²) in [4.78, 5) is 0. The van der Waals surface area contributed by atoms with Gasteiger partial charge in [-0.05, 0) is 18.3 Å². The summed E-state index contributed by atoms with van der Waals surface area (Å²) in [6.45, 7) is 4.53. The van der Waals surface area contributed by atoms with Crippen LogP contribution < -0.4 is 16.0 Å². The van der Waals surface area contributed by atoms with Crippen LogP contribution in [0.15, 0.2) is 36.9 Å². The number of aliphatic hydroxyl groups is 2. The van der Waals surface area contributed by atoms with Gasteiger partial charge in [0.1, 0.15) is 6.23 Å². The Hall–Kier alpha value is -1.63. The lowest BCUT2D eigenvalue weighted by Crippen LogP contribution is -2.46. The number of anilines is 1. The van der Waals surface area contributed by atoms with Gasteiger partial charge in [0, 0.05) is 24.3 Å². The zero-order valence-electron chi connectivity index (χ0n) is 11.0. The van der Waals surface area contributed by atoms with E-state index in [0.717, 1.165) is 11.3 Å². The average Bonchev–Trinajstić information content (AvgIpc) is 2.45. The molecule has 6 heteroatoms. The molecule has 2 rings (SSSR count). The van der Waals surface area contributed by atoms with Crippen LogP contribution in [0.3, 0.4) is 0 Å². The first kappa shape index (κ1) is 14.8. The Balaban J connectivity index is 1.99. The van der Waals surface area contributed by atoms with Gasteiger partial charge in [0.15, 0.2) is 5.11 Å². The molecule has 0 radical (unpaired) electrons. The molecule has 1 heterocycles. The lowest BCUT2D eigenvalue weighted by Gasteiger charge is -2.35. The molecule has 1 aliphatic rings. The second-order valence-corrected chi connectivity index (χ2v) is 5.07. The van der Waals surface area contributed by atoms with Crippen molar-refractivity contribution in [3.8, 4) is 0 Å². The smallest absolute Gasteiger partial charge is 0.166 e. The van der Waals surface area contributed by atoms with Crippen LogP contribution in [-0.2, 0) is 0 Å². The van der Waals surface area contributed by atoms with Gasteiger partial charge in [-0.1, -0.05) is 24.3 Å². The molecular formula is C14H19N3O2S. The van der Waals surface area contributed by atoms with E-state index in [1.165, 1.54) is 0 Å². The zero-order valence-corrected chi connectivity index (χ0v) is 11.9. The molecule has 0 aromatic heterocycles. The Morgan fingerprint density at radius 3 is 2.85 bits per heavy atom. The SMILES string of the molecule is C=CCNC(=S)NCC1C(O)Nc2ccccc2C1O. The van der Waals surface area contributed by atoms with Crippen molar-refractivity contribution in [1.82, 2.24) is 10.6 Å². The Labute approximate surface area is 123 Å². The predicted molar refractivity (Wildman–Crippen MR) is 83.3 cm³/mol. The monoisotopic (exact) mass is 293 g/mol. The highest BCUT2D eigenvalue weighted by Gasteiger charge is 2.34. The maximum atomic E-state index is 10.4. The van der Waals surface area contributed by atoms with Crippen LogP contribution in [0, 0.1) is 5.92 Å². The fourth-order valence-corrected chi connectivity index (χ4v) is 2.38.